The Morgan fingerprint density at radius 3 is 2.55 bits per heavy atom. The van der Waals surface area contributed by atoms with E-state index in [2.05, 4.69) is 25.5 Å². The molecule has 1 aromatic heterocycles. The van der Waals surface area contributed by atoms with E-state index in [1.807, 2.05) is 4.90 Å². The molecule has 1 saturated carbocycles. The van der Waals surface area contributed by atoms with Crippen molar-refractivity contribution in [2.24, 2.45) is 10.8 Å². The molecule has 0 radical (unpaired) electrons. The molecule has 2 aliphatic rings. The van der Waals surface area contributed by atoms with Crippen LogP contribution < -0.4 is 4.72 Å². The zero-order chi connectivity index (χ0) is 23.9. The monoisotopic (exact) mass is 474 g/mol. The Kier molecular flexibility index (Phi) is 6.13. The first kappa shape index (κ1) is 23.5. The highest BCUT2D eigenvalue weighted by Gasteiger charge is 2.50. The van der Waals surface area contributed by atoms with Crippen LogP contribution in [0.1, 0.15) is 56.2 Å². The third-order valence-electron chi connectivity index (χ3n) is 6.48. The summed E-state index contributed by atoms with van der Waals surface area (Å²) in [5.74, 6) is -0.358. The van der Waals surface area contributed by atoms with Gasteiger partial charge in [-0.3, -0.25) is 4.79 Å². The van der Waals surface area contributed by atoms with Crippen LogP contribution in [0.2, 0.25) is 0 Å². The van der Waals surface area contributed by atoms with Gasteiger partial charge in [-0.25, -0.2) is 17.9 Å². The standard InChI is InChI=1S/C24H30N2O6S/c1-23(2)11-18-12-24(3,15-23)16-26(18)21(27)14-32-22(28)17-6-8-20(9-7-17)33(29,30)25-13-19-5-4-10-31-19/h4-10,18,25H,11-16H2,1-3H3/t18-,24+/m1/s1. The van der Waals surface area contributed by atoms with E-state index in [4.69, 9.17) is 9.15 Å². The van der Waals surface area contributed by atoms with Crippen molar-refractivity contribution in [3.63, 3.8) is 0 Å². The fourth-order valence-corrected chi connectivity index (χ4v) is 6.47. The third kappa shape index (κ3) is 5.30. The number of rotatable bonds is 7. The van der Waals surface area contributed by atoms with Crippen LogP contribution in [0.25, 0.3) is 0 Å². The van der Waals surface area contributed by atoms with Crippen LogP contribution in [0.3, 0.4) is 0 Å². The number of fused-ring (bicyclic) bond motifs is 2. The largest absolute Gasteiger partial charge is 0.468 e. The number of ether oxygens (including phenoxy) is 1. The lowest BCUT2D eigenvalue weighted by molar-refractivity contribution is -0.135. The van der Waals surface area contributed by atoms with E-state index >= 15 is 0 Å². The Labute approximate surface area is 194 Å². The van der Waals surface area contributed by atoms with E-state index < -0.39 is 16.0 Å². The summed E-state index contributed by atoms with van der Waals surface area (Å²) < 4.78 is 37.6. The molecule has 1 N–H and O–H groups in total. The highest BCUT2D eigenvalue weighted by Crippen LogP contribution is 2.52. The first-order valence-electron chi connectivity index (χ1n) is 11.1. The van der Waals surface area contributed by atoms with Crippen LogP contribution >= 0.6 is 0 Å². The number of nitrogens with zero attached hydrogens (tertiary/aromatic N) is 1. The first-order chi connectivity index (χ1) is 15.5. The molecule has 0 spiro atoms. The van der Waals surface area contributed by atoms with Crippen molar-refractivity contribution in [3.8, 4) is 0 Å². The predicted molar refractivity (Wildman–Crippen MR) is 121 cm³/mol. The van der Waals surface area contributed by atoms with Crippen molar-refractivity contribution in [1.29, 1.82) is 0 Å². The molecule has 1 aliphatic heterocycles. The van der Waals surface area contributed by atoms with E-state index in [9.17, 15) is 18.0 Å². The fraction of sp³-hybridized carbons (Fsp3) is 0.500. The molecule has 4 rings (SSSR count). The lowest BCUT2D eigenvalue weighted by Gasteiger charge is -2.39. The molecular weight excluding hydrogens is 444 g/mol. The molecule has 1 saturated heterocycles. The van der Waals surface area contributed by atoms with Crippen LogP contribution in [-0.4, -0.2) is 44.4 Å². The van der Waals surface area contributed by atoms with Crippen LogP contribution in [0.5, 0.6) is 0 Å². The number of benzene rings is 1. The van der Waals surface area contributed by atoms with Crippen molar-refractivity contribution in [3.05, 3.63) is 54.0 Å². The number of carbonyl (C=O) groups excluding carboxylic acids is 2. The molecule has 9 heteroatoms. The summed E-state index contributed by atoms with van der Waals surface area (Å²) in [6, 6.07) is 8.93. The minimum atomic E-state index is -3.76. The van der Waals surface area contributed by atoms with Crippen LogP contribution in [-0.2, 0) is 26.1 Å². The average Bonchev–Trinajstić information content (AvgIpc) is 3.35. The Hall–Kier alpha value is -2.65. The van der Waals surface area contributed by atoms with Gasteiger partial charge in [0.1, 0.15) is 5.76 Å². The molecule has 2 bridgehead atoms. The maximum atomic E-state index is 12.8. The molecule has 178 valence electrons. The van der Waals surface area contributed by atoms with Crippen LogP contribution in [0.15, 0.2) is 52.0 Å². The maximum absolute atomic E-state index is 12.8. The lowest BCUT2D eigenvalue weighted by Crippen LogP contribution is -2.39. The molecule has 2 atom stereocenters. The molecule has 2 heterocycles. The highest BCUT2D eigenvalue weighted by molar-refractivity contribution is 7.89. The zero-order valence-electron chi connectivity index (χ0n) is 19.2. The average molecular weight is 475 g/mol. The molecule has 0 unspecified atom stereocenters. The normalized spacial score (nSPS) is 24.0. The summed E-state index contributed by atoms with van der Waals surface area (Å²) >= 11 is 0. The van der Waals surface area contributed by atoms with Gasteiger partial charge >= 0.3 is 5.97 Å². The summed E-state index contributed by atoms with van der Waals surface area (Å²) in [5, 5.41) is 0. The minimum absolute atomic E-state index is 0.0156. The number of carbonyl (C=O) groups is 2. The van der Waals surface area contributed by atoms with Crippen molar-refractivity contribution in [1.82, 2.24) is 9.62 Å². The highest BCUT2D eigenvalue weighted by atomic mass is 32.2. The number of furan rings is 1. The Bertz CT molecular complexity index is 1120. The Morgan fingerprint density at radius 2 is 1.88 bits per heavy atom. The van der Waals surface area contributed by atoms with Gasteiger partial charge in [0.05, 0.1) is 23.3 Å². The molecule has 33 heavy (non-hydrogen) atoms. The van der Waals surface area contributed by atoms with E-state index in [1.54, 1.807) is 12.1 Å². The smallest absolute Gasteiger partial charge is 0.338 e. The van der Waals surface area contributed by atoms with E-state index in [0.29, 0.717) is 12.3 Å². The fourth-order valence-electron chi connectivity index (χ4n) is 5.48. The van der Waals surface area contributed by atoms with Crippen molar-refractivity contribution < 1.29 is 27.2 Å². The summed E-state index contributed by atoms with van der Waals surface area (Å²) in [7, 11) is -3.76. The van der Waals surface area contributed by atoms with Gasteiger partial charge in [-0.05, 0) is 66.5 Å². The van der Waals surface area contributed by atoms with Gasteiger partial charge in [0, 0.05) is 12.6 Å². The second kappa shape index (κ2) is 8.61. The third-order valence-corrected chi connectivity index (χ3v) is 7.90. The number of amides is 1. The number of esters is 1. The lowest BCUT2D eigenvalue weighted by atomic mass is 9.65. The summed E-state index contributed by atoms with van der Waals surface area (Å²) in [5.41, 5.74) is 0.484. The summed E-state index contributed by atoms with van der Waals surface area (Å²) in [6.07, 6.45) is 4.48. The van der Waals surface area contributed by atoms with Crippen molar-refractivity contribution >= 4 is 21.9 Å². The number of sulfonamides is 1. The van der Waals surface area contributed by atoms with Gasteiger partial charge in [0.25, 0.3) is 5.91 Å². The van der Waals surface area contributed by atoms with E-state index in [0.717, 1.165) is 19.3 Å². The van der Waals surface area contributed by atoms with Gasteiger partial charge in [-0.2, -0.15) is 0 Å². The Balaban J connectivity index is 1.32. The van der Waals surface area contributed by atoms with Crippen molar-refractivity contribution in [2.45, 2.75) is 57.5 Å². The number of hydrogen-bond donors (Lipinski definition) is 1. The van der Waals surface area contributed by atoms with E-state index in [-0.39, 0.29) is 46.4 Å². The number of hydrogen-bond acceptors (Lipinski definition) is 6. The molecule has 2 fully saturated rings. The first-order valence-corrected chi connectivity index (χ1v) is 12.5. The zero-order valence-corrected chi connectivity index (χ0v) is 20.0. The predicted octanol–water partition coefficient (Wildman–Crippen LogP) is 3.34. The SMILES string of the molecule is CC1(C)C[C@@H]2C[C@](C)(CN2C(=O)COC(=O)c2ccc(S(=O)(=O)NCc3ccco3)cc2)C1. The quantitative estimate of drug-likeness (QED) is 0.617. The number of nitrogens with one attached hydrogen (secondary N) is 1. The summed E-state index contributed by atoms with van der Waals surface area (Å²) in [4.78, 5) is 27.1. The molecule has 1 aliphatic carbocycles. The second-order valence-electron chi connectivity index (χ2n) is 10.2. The molecular formula is C24H30N2O6S. The van der Waals surface area contributed by atoms with Gasteiger partial charge in [0.2, 0.25) is 10.0 Å². The number of likely N-dealkylation sites (tertiary alicyclic amines) is 1. The van der Waals surface area contributed by atoms with Gasteiger partial charge in [-0.1, -0.05) is 20.8 Å². The Morgan fingerprint density at radius 1 is 1.15 bits per heavy atom. The minimum Gasteiger partial charge on any atom is -0.468 e. The molecule has 8 nitrogen and oxygen atoms in total. The topological polar surface area (TPSA) is 106 Å². The van der Waals surface area contributed by atoms with Gasteiger partial charge < -0.3 is 14.1 Å². The van der Waals surface area contributed by atoms with Crippen LogP contribution in [0.4, 0.5) is 0 Å². The molecule has 2 aromatic rings. The molecule has 1 amide bonds. The maximum Gasteiger partial charge on any atom is 0.338 e. The van der Waals surface area contributed by atoms with Crippen molar-refractivity contribution in [2.75, 3.05) is 13.2 Å². The van der Waals surface area contributed by atoms with Gasteiger partial charge in [-0.15, -0.1) is 0 Å². The van der Waals surface area contributed by atoms with E-state index in [1.165, 1.54) is 30.5 Å². The van der Waals surface area contributed by atoms with Crippen LogP contribution in [0, 0.1) is 10.8 Å². The second-order valence-corrected chi connectivity index (χ2v) is 12.0. The summed E-state index contributed by atoms with van der Waals surface area (Å²) in [6.45, 7) is 7.09. The van der Waals surface area contributed by atoms with Gasteiger partial charge in [0.15, 0.2) is 6.61 Å². The molecule has 1 aromatic carbocycles.